The van der Waals surface area contributed by atoms with E-state index in [9.17, 15) is 13.5 Å². The smallest absolute Gasteiger partial charge is 0.242 e. The molecular weight excluding hydrogens is 314 g/mol. The largest absolute Gasteiger partial charge is 0.391 e. The van der Waals surface area contributed by atoms with Crippen LogP contribution in [0, 0.1) is 6.92 Å². The zero-order valence-electron chi connectivity index (χ0n) is 11.3. The van der Waals surface area contributed by atoms with E-state index in [1.54, 1.807) is 23.6 Å². The van der Waals surface area contributed by atoms with Crippen LogP contribution in [0.25, 0.3) is 0 Å². The van der Waals surface area contributed by atoms with Gasteiger partial charge >= 0.3 is 0 Å². The summed E-state index contributed by atoms with van der Waals surface area (Å²) in [6, 6.07) is 1.80. The Labute approximate surface area is 127 Å². The summed E-state index contributed by atoms with van der Waals surface area (Å²) in [4.78, 5) is 0.708. The van der Waals surface area contributed by atoms with Crippen LogP contribution in [0.5, 0.6) is 0 Å². The number of sulfonamides is 1. The van der Waals surface area contributed by atoms with Crippen LogP contribution in [0.2, 0.25) is 0 Å². The maximum absolute atomic E-state index is 12.4. The van der Waals surface area contributed by atoms with E-state index >= 15 is 0 Å². The third kappa shape index (κ3) is 3.48. The fraction of sp³-hybridized carbons (Fsp3) is 0.385. The second kappa shape index (κ2) is 6.36. The van der Waals surface area contributed by atoms with Crippen molar-refractivity contribution in [2.75, 3.05) is 0 Å². The number of aliphatic hydroxyl groups is 1. The van der Waals surface area contributed by atoms with E-state index in [1.807, 2.05) is 23.8 Å². The van der Waals surface area contributed by atoms with Crippen LogP contribution in [0.1, 0.15) is 22.9 Å². The van der Waals surface area contributed by atoms with Crippen molar-refractivity contribution in [2.45, 2.75) is 37.8 Å². The molecule has 0 bridgehead atoms. The van der Waals surface area contributed by atoms with E-state index in [-0.39, 0.29) is 17.5 Å². The lowest BCUT2D eigenvalue weighted by molar-refractivity contribution is 0.282. The molecule has 20 heavy (non-hydrogen) atoms. The lowest BCUT2D eigenvalue weighted by Crippen LogP contribution is -2.34. The molecule has 2 heterocycles. The molecule has 0 aliphatic rings. The van der Waals surface area contributed by atoms with Gasteiger partial charge in [0.2, 0.25) is 10.0 Å². The number of rotatable bonds is 6. The van der Waals surface area contributed by atoms with Crippen molar-refractivity contribution < 1.29 is 13.5 Å². The third-order valence-corrected chi connectivity index (χ3v) is 6.65. The molecule has 0 fully saturated rings. The lowest BCUT2D eigenvalue weighted by atomic mass is 10.1. The van der Waals surface area contributed by atoms with Crippen molar-refractivity contribution in [3.63, 3.8) is 0 Å². The van der Waals surface area contributed by atoms with Gasteiger partial charge in [0.05, 0.1) is 11.5 Å². The summed E-state index contributed by atoms with van der Waals surface area (Å²) in [6.07, 6.45) is 0.653. The minimum atomic E-state index is -3.59. The number of hydrogen-bond acceptors (Lipinski definition) is 5. The molecule has 7 heteroatoms. The summed E-state index contributed by atoms with van der Waals surface area (Å²) < 4.78 is 27.5. The van der Waals surface area contributed by atoms with Crippen LogP contribution in [0.15, 0.2) is 27.1 Å². The Balaban J connectivity index is 2.16. The van der Waals surface area contributed by atoms with E-state index in [1.165, 1.54) is 11.3 Å². The van der Waals surface area contributed by atoms with Gasteiger partial charge in [-0.3, -0.25) is 0 Å². The highest BCUT2D eigenvalue weighted by Gasteiger charge is 2.24. The minimum Gasteiger partial charge on any atom is -0.391 e. The van der Waals surface area contributed by atoms with Crippen molar-refractivity contribution >= 4 is 32.7 Å². The summed E-state index contributed by atoms with van der Waals surface area (Å²) in [6.45, 7) is 3.33. The first-order valence-corrected chi connectivity index (χ1v) is 9.46. The first-order chi connectivity index (χ1) is 9.44. The molecule has 0 aromatic carbocycles. The highest BCUT2D eigenvalue weighted by Crippen LogP contribution is 2.27. The normalized spacial score (nSPS) is 13.6. The van der Waals surface area contributed by atoms with Gasteiger partial charge in [0, 0.05) is 6.04 Å². The summed E-state index contributed by atoms with van der Waals surface area (Å²) >= 11 is 2.87. The molecule has 2 N–H and O–H groups in total. The molecular formula is C13H17NO3S3. The Morgan fingerprint density at radius 3 is 2.75 bits per heavy atom. The minimum absolute atomic E-state index is 0.194. The van der Waals surface area contributed by atoms with Gasteiger partial charge in [-0.15, -0.1) is 11.3 Å². The molecule has 0 spiro atoms. The van der Waals surface area contributed by atoms with Gasteiger partial charge in [0.1, 0.15) is 4.90 Å². The Kier molecular flexibility index (Phi) is 4.98. The number of nitrogens with one attached hydrogen (secondary N) is 1. The van der Waals surface area contributed by atoms with Crippen LogP contribution in [0.3, 0.4) is 0 Å². The molecule has 0 saturated carbocycles. The van der Waals surface area contributed by atoms with E-state index in [0.29, 0.717) is 16.9 Å². The van der Waals surface area contributed by atoms with Gasteiger partial charge in [-0.25, -0.2) is 13.1 Å². The monoisotopic (exact) mass is 331 g/mol. The summed E-state index contributed by atoms with van der Waals surface area (Å²) in [5.74, 6) is 0. The highest BCUT2D eigenvalue weighted by molar-refractivity contribution is 7.89. The Morgan fingerprint density at radius 2 is 2.15 bits per heavy atom. The molecule has 0 aliphatic heterocycles. The first-order valence-electron chi connectivity index (χ1n) is 6.15. The average molecular weight is 331 g/mol. The molecule has 0 saturated heterocycles. The number of aryl methyl sites for hydroxylation is 1. The second-order valence-electron chi connectivity index (χ2n) is 4.69. The van der Waals surface area contributed by atoms with Crippen LogP contribution in [-0.2, 0) is 23.1 Å². The Hall–Kier alpha value is -0.730. The fourth-order valence-electron chi connectivity index (χ4n) is 2.09. The predicted molar refractivity (Wildman–Crippen MR) is 82.8 cm³/mol. The van der Waals surface area contributed by atoms with Gasteiger partial charge in [-0.2, -0.15) is 11.3 Å². The SMILES string of the molecule is Cc1csc(CO)c1S(=O)(=O)NC(C)Cc1ccsc1. The third-order valence-electron chi connectivity index (χ3n) is 2.88. The van der Waals surface area contributed by atoms with Crippen molar-refractivity contribution in [2.24, 2.45) is 0 Å². The molecule has 110 valence electrons. The summed E-state index contributed by atoms with van der Waals surface area (Å²) in [5, 5.41) is 15.0. The molecule has 2 aromatic rings. The van der Waals surface area contributed by atoms with Crippen molar-refractivity contribution in [3.05, 3.63) is 38.2 Å². The summed E-state index contributed by atoms with van der Waals surface area (Å²) in [7, 11) is -3.59. The van der Waals surface area contributed by atoms with Crippen LogP contribution < -0.4 is 4.72 Å². The average Bonchev–Trinajstić information content (AvgIpc) is 2.97. The van der Waals surface area contributed by atoms with Gasteiger partial charge < -0.3 is 5.11 Å². The molecule has 0 aliphatic carbocycles. The van der Waals surface area contributed by atoms with Gasteiger partial charge in [-0.1, -0.05) is 0 Å². The van der Waals surface area contributed by atoms with E-state index < -0.39 is 10.0 Å². The molecule has 4 nitrogen and oxygen atoms in total. The number of aliphatic hydroxyl groups excluding tert-OH is 1. The fourth-order valence-corrected chi connectivity index (χ4v) is 5.67. The van der Waals surface area contributed by atoms with Crippen LogP contribution in [-0.4, -0.2) is 19.6 Å². The molecule has 1 unspecified atom stereocenters. The number of thiophene rings is 2. The highest BCUT2D eigenvalue weighted by atomic mass is 32.2. The molecule has 2 rings (SSSR count). The van der Waals surface area contributed by atoms with Crippen LogP contribution in [0.4, 0.5) is 0 Å². The van der Waals surface area contributed by atoms with E-state index in [4.69, 9.17) is 0 Å². The zero-order valence-corrected chi connectivity index (χ0v) is 13.7. The van der Waals surface area contributed by atoms with Gasteiger partial charge in [-0.05, 0) is 53.6 Å². The zero-order chi connectivity index (χ0) is 14.8. The van der Waals surface area contributed by atoms with Crippen molar-refractivity contribution in [1.29, 1.82) is 0 Å². The molecule has 2 aromatic heterocycles. The van der Waals surface area contributed by atoms with Crippen molar-refractivity contribution in [3.8, 4) is 0 Å². The number of hydrogen-bond donors (Lipinski definition) is 2. The first kappa shape index (κ1) is 15.7. The summed E-state index contributed by atoms with van der Waals surface area (Å²) in [5.41, 5.74) is 1.80. The van der Waals surface area contributed by atoms with Crippen LogP contribution >= 0.6 is 22.7 Å². The van der Waals surface area contributed by atoms with Gasteiger partial charge in [0.15, 0.2) is 0 Å². The topological polar surface area (TPSA) is 66.4 Å². The maximum Gasteiger partial charge on any atom is 0.242 e. The quantitative estimate of drug-likeness (QED) is 0.855. The Bertz CT molecular complexity index is 659. The van der Waals surface area contributed by atoms with E-state index in [0.717, 1.165) is 5.56 Å². The standard InChI is InChI=1S/C13H17NO3S3/c1-9-7-19-12(6-15)13(9)20(16,17)14-10(2)5-11-3-4-18-8-11/h3-4,7-8,10,14-15H,5-6H2,1-2H3. The molecule has 0 amide bonds. The van der Waals surface area contributed by atoms with E-state index in [2.05, 4.69) is 4.72 Å². The lowest BCUT2D eigenvalue weighted by Gasteiger charge is -2.14. The Morgan fingerprint density at radius 1 is 1.40 bits per heavy atom. The predicted octanol–water partition coefficient (Wildman–Crippen LogP) is 2.52. The second-order valence-corrected chi connectivity index (χ2v) is 8.08. The molecule has 1 atom stereocenters. The van der Waals surface area contributed by atoms with Crippen molar-refractivity contribution in [1.82, 2.24) is 4.72 Å². The van der Waals surface area contributed by atoms with Gasteiger partial charge in [0.25, 0.3) is 0 Å². The molecule has 0 radical (unpaired) electrons. The maximum atomic E-state index is 12.4.